The zero-order chi connectivity index (χ0) is 23.7. The Kier molecular flexibility index (Phi) is 6.05. The van der Waals surface area contributed by atoms with Crippen molar-refractivity contribution in [3.8, 4) is 11.3 Å². The molecule has 0 atom stereocenters. The fraction of sp³-hybridized carbons (Fsp3) is 0.500. The standard InChI is InChI=1S/C22H27N9O3/c1-14(32)29-4-2-15(3-5-29)10-18(33)31-20-17(13-26-31)19(16-11-24-21(23)25-12-16)27-22(28-20)30-6-8-34-9-7-30/h11-13,15H,2-10H2,1H3,(H2,23,24,25). The van der Waals surface area contributed by atoms with E-state index >= 15 is 0 Å². The molecular weight excluding hydrogens is 438 g/mol. The lowest BCUT2D eigenvalue weighted by molar-refractivity contribution is -0.130. The van der Waals surface area contributed by atoms with Crippen LogP contribution in [0.3, 0.4) is 0 Å². The van der Waals surface area contributed by atoms with Crippen molar-refractivity contribution in [1.82, 2.24) is 34.6 Å². The Morgan fingerprint density at radius 3 is 2.44 bits per heavy atom. The number of morpholine rings is 1. The number of fused-ring (bicyclic) bond motifs is 1. The number of nitrogen functional groups attached to an aromatic ring is 1. The van der Waals surface area contributed by atoms with Crippen molar-refractivity contribution in [3.63, 3.8) is 0 Å². The number of rotatable bonds is 4. The molecule has 3 aromatic heterocycles. The number of carbonyl (C=O) groups excluding carboxylic acids is 2. The highest BCUT2D eigenvalue weighted by molar-refractivity contribution is 5.96. The molecule has 5 heterocycles. The van der Waals surface area contributed by atoms with Gasteiger partial charge in [0.05, 0.1) is 30.5 Å². The fourth-order valence-corrected chi connectivity index (χ4v) is 4.45. The number of aromatic nitrogens is 6. The first-order chi connectivity index (χ1) is 16.5. The summed E-state index contributed by atoms with van der Waals surface area (Å²) in [6.07, 6.45) is 6.77. The summed E-state index contributed by atoms with van der Waals surface area (Å²) >= 11 is 0. The fourth-order valence-electron chi connectivity index (χ4n) is 4.45. The van der Waals surface area contributed by atoms with Crippen LogP contribution >= 0.6 is 0 Å². The van der Waals surface area contributed by atoms with Crippen LogP contribution in [0.15, 0.2) is 18.6 Å². The quantitative estimate of drug-likeness (QED) is 0.592. The summed E-state index contributed by atoms with van der Waals surface area (Å²) in [7, 11) is 0. The highest BCUT2D eigenvalue weighted by atomic mass is 16.5. The lowest BCUT2D eigenvalue weighted by Gasteiger charge is -2.30. The molecule has 12 nitrogen and oxygen atoms in total. The molecular formula is C22H27N9O3. The van der Waals surface area contributed by atoms with Crippen molar-refractivity contribution >= 4 is 34.7 Å². The van der Waals surface area contributed by atoms with Crippen molar-refractivity contribution in [1.29, 1.82) is 0 Å². The van der Waals surface area contributed by atoms with Crippen LogP contribution in [0.25, 0.3) is 22.3 Å². The molecule has 3 aromatic rings. The molecule has 12 heteroatoms. The van der Waals surface area contributed by atoms with E-state index < -0.39 is 0 Å². The topological polar surface area (TPSA) is 145 Å². The summed E-state index contributed by atoms with van der Waals surface area (Å²) in [5, 5.41) is 5.03. The zero-order valence-electron chi connectivity index (χ0n) is 19.1. The largest absolute Gasteiger partial charge is 0.378 e. The Labute approximate surface area is 196 Å². The van der Waals surface area contributed by atoms with Gasteiger partial charge in [0.1, 0.15) is 0 Å². The van der Waals surface area contributed by atoms with Crippen LogP contribution in [0.4, 0.5) is 11.9 Å². The summed E-state index contributed by atoms with van der Waals surface area (Å²) in [5.74, 6) is 0.834. The van der Waals surface area contributed by atoms with Crippen LogP contribution in [0, 0.1) is 5.92 Å². The van der Waals surface area contributed by atoms with Crippen molar-refractivity contribution in [3.05, 3.63) is 18.6 Å². The minimum absolute atomic E-state index is 0.0781. The van der Waals surface area contributed by atoms with Crippen molar-refractivity contribution in [2.45, 2.75) is 26.2 Å². The van der Waals surface area contributed by atoms with Crippen LogP contribution in [-0.4, -0.2) is 85.8 Å². The van der Waals surface area contributed by atoms with E-state index in [1.807, 2.05) is 9.80 Å². The normalized spacial score (nSPS) is 17.3. The number of ether oxygens (including phenoxy) is 1. The number of likely N-dealkylation sites (tertiary alicyclic amines) is 1. The molecule has 2 aliphatic rings. The minimum Gasteiger partial charge on any atom is -0.378 e. The molecule has 2 aliphatic heterocycles. The highest BCUT2D eigenvalue weighted by Crippen LogP contribution is 2.29. The molecule has 5 rings (SSSR count). The third kappa shape index (κ3) is 4.40. The van der Waals surface area contributed by atoms with E-state index in [1.165, 1.54) is 4.68 Å². The second-order valence-electron chi connectivity index (χ2n) is 8.64. The molecule has 178 valence electrons. The van der Waals surface area contributed by atoms with Crippen molar-refractivity contribution < 1.29 is 14.3 Å². The van der Waals surface area contributed by atoms with E-state index in [1.54, 1.807) is 25.5 Å². The molecule has 0 unspecified atom stereocenters. The van der Waals surface area contributed by atoms with Gasteiger partial charge in [0.2, 0.25) is 23.7 Å². The van der Waals surface area contributed by atoms with Gasteiger partial charge in [0.25, 0.3) is 0 Å². The van der Waals surface area contributed by atoms with Gasteiger partial charge in [-0.3, -0.25) is 9.59 Å². The number of hydrogen-bond donors (Lipinski definition) is 1. The summed E-state index contributed by atoms with van der Waals surface area (Å²) < 4.78 is 6.84. The maximum atomic E-state index is 13.3. The summed E-state index contributed by atoms with van der Waals surface area (Å²) in [4.78, 5) is 46.4. The number of piperidine rings is 1. The van der Waals surface area contributed by atoms with E-state index in [0.29, 0.717) is 74.1 Å². The van der Waals surface area contributed by atoms with Crippen LogP contribution in [0.1, 0.15) is 31.0 Å². The van der Waals surface area contributed by atoms with Gasteiger partial charge in [0.15, 0.2) is 5.65 Å². The van der Waals surface area contributed by atoms with E-state index in [4.69, 9.17) is 20.4 Å². The summed E-state index contributed by atoms with van der Waals surface area (Å²) in [6, 6.07) is 0. The Bertz CT molecular complexity index is 1200. The number of nitrogens with zero attached hydrogens (tertiary/aromatic N) is 8. The molecule has 2 saturated heterocycles. The van der Waals surface area contributed by atoms with Gasteiger partial charge < -0.3 is 20.3 Å². The number of nitrogens with two attached hydrogens (primary N) is 1. The Hall–Kier alpha value is -3.67. The van der Waals surface area contributed by atoms with Crippen LogP contribution in [-0.2, 0) is 9.53 Å². The molecule has 1 amide bonds. The van der Waals surface area contributed by atoms with Crippen LogP contribution < -0.4 is 10.6 Å². The van der Waals surface area contributed by atoms with Crippen molar-refractivity contribution in [2.75, 3.05) is 50.0 Å². The highest BCUT2D eigenvalue weighted by Gasteiger charge is 2.26. The Morgan fingerprint density at radius 2 is 1.76 bits per heavy atom. The van der Waals surface area contributed by atoms with Gasteiger partial charge in [-0.1, -0.05) is 0 Å². The van der Waals surface area contributed by atoms with Gasteiger partial charge in [-0.25, -0.2) is 15.0 Å². The average Bonchev–Trinajstić information content (AvgIpc) is 3.29. The molecule has 34 heavy (non-hydrogen) atoms. The lowest BCUT2D eigenvalue weighted by Crippen LogP contribution is -2.38. The van der Waals surface area contributed by atoms with E-state index in [2.05, 4.69) is 15.1 Å². The predicted molar refractivity (Wildman–Crippen MR) is 124 cm³/mol. The number of amides is 1. The number of carbonyl (C=O) groups is 2. The van der Waals surface area contributed by atoms with Gasteiger partial charge in [-0.05, 0) is 18.8 Å². The maximum absolute atomic E-state index is 13.3. The lowest BCUT2D eigenvalue weighted by atomic mass is 9.93. The van der Waals surface area contributed by atoms with Gasteiger partial charge >= 0.3 is 0 Å². The van der Waals surface area contributed by atoms with E-state index in [-0.39, 0.29) is 23.7 Å². The number of hydrogen-bond acceptors (Lipinski definition) is 10. The first kappa shape index (κ1) is 22.1. The third-order valence-electron chi connectivity index (χ3n) is 6.42. The maximum Gasteiger partial charge on any atom is 0.249 e. The SMILES string of the molecule is CC(=O)N1CCC(CC(=O)n2ncc3c(-c4cnc(N)nc4)nc(N4CCOCC4)nc32)CC1. The molecule has 0 aromatic carbocycles. The Morgan fingerprint density at radius 1 is 1.06 bits per heavy atom. The van der Waals surface area contributed by atoms with Crippen molar-refractivity contribution in [2.24, 2.45) is 5.92 Å². The first-order valence-electron chi connectivity index (χ1n) is 11.4. The van der Waals surface area contributed by atoms with Crippen LogP contribution in [0.2, 0.25) is 0 Å². The van der Waals surface area contributed by atoms with Gasteiger partial charge in [0, 0.05) is 57.5 Å². The van der Waals surface area contributed by atoms with Crippen LogP contribution in [0.5, 0.6) is 0 Å². The third-order valence-corrected chi connectivity index (χ3v) is 6.42. The zero-order valence-corrected chi connectivity index (χ0v) is 19.1. The second kappa shape index (κ2) is 9.29. The Balaban J connectivity index is 1.48. The molecule has 0 radical (unpaired) electrons. The minimum atomic E-state index is -0.123. The smallest absolute Gasteiger partial charge is 0.249 e. The molecule has 0 aliphatic carbocycles. The summed E-state index contributed by atoms with van der Waals surface area (Å²) in [6.45, 7) is 5.41. The summed E-state index contributed by atoms with van der Waals surface area (Å²) in [5.41, 5.74) is 7.38. The monoisotopic (exact) mass is 465 g/mol. The average molecular weight is 466 g/mol. The molecule has 2 fully saturated rings. The molecule has 0 spiro atoms. The number of anilines is 2. The molecule has 0 saturated carbocycles. The first-order valence-corrected chi connectivity index (χ1v) is 11.4. The van der Waals surface area contributed by atoms with Gasteiger partial charge in [-0.15, -0.1) is 0 Å². The molecule has 2 N–H and O–H groups in total. The second-order valence-corrected chi connectivity index (χ2v) is 8.64. The van der Waals surface area contributed by atoms with E-state index in [0.717, 1.165) is 12.8 Å². The van der Waals surface area contributed by atoms with Gasteiger partial charge in [-0.2, -0.15) is 14.8 Å². The van der Waals surface area contributed by atoms with E-state index in [9.17, 15) is 9.59 Å². The predicted octanol–water partition coefficient (Wildman–Crippen LogP) is 0.991. The molecule has 0 bridgehead atoms.